The molecule has 0 aromatic heterocycles. The maximum absolute atomic E-state index is 5.97. The smallest absolute Gasteiger partial charge is 0.193 e. The summed E-state index contributed by atoms with van der Waals surface area (Å²) in [7, 11) is 0. The fraction of sp³-hybridized carbons (Fsp3) is 0.611. The maximum Gasteiger partial charge on any atom is 0.193 e. The molecule has 1 aliphatic heterocycles. The Balaban J connectivity index is 0.00000288. The molecule has 1 fully saturated rings. The van der Waals surface area contributed by atoms with Crippen molar-refractivity contribution in [1.29, 1.82) is 0 Å². The van der Waals surface area contributed by atoms with Gasteiger partial charge in [0.1, 0.15) is 0 Å². The zero-order chi connectivity index (χ0) is 16.5. The van der Waals surface area contributed by atoms with Crippen LogP contribution in [0.2, 0.25) is 0 Å². The lowest BCUT2D eigenvalue weighted by molar-refractivity contribution is 0.0373. The monoisotopic (exact) mass is 446 g/mol. The molecule has 0 saturated carbocycles. The van der Waals surface area contributed by atoms with Gasteiger partial charge in [0.25, 0.3) is 0 Å². The first kappa shape index (κ1) is 21.2. The Labute approximate surface area is 163 Å². The van der Waals surface area contributed by atoms with Crippen LogP contribution in [0.15, 0.2) is 29.3 Å². The number of ether oxygens (including phenoxy) is 1. The largest absolute Gasteiger partial charge is 0.379 e. The van der Waals surface area contributed by atoms with Crippen LogP contribution in [0.3, 0.4) is 0 Å². The van der Waals surface area contributed by atoms with Crippen molar-refractivity contribution >= 4 is 35.6 Å². The Morgan fingerprint density at radius 1 is 1.29 bits per heavy atom. The molecule has 1 heterocycles. The van der Waals surface area contributed by atoms with Crippen LogP contribution >= 0.6 is 24.0 Å². The number of halogens is 1. The average molecular weight is 446 g/mol. The van der Waals surface area contributed by atoms with E-state index in [4.69, 9.17) is 10.5 Å². The molecule has 0 atom stereocenters. The van der Waals surface area contributed by atoms with E-state index in [9.17, 15) is 0 Å². The van der Waals surface area contributed by atoms with E-state index < -0.39 is 0 Å². The molecule has 2 rings (SSSR count). The number of benzene rings is 1. The molecule has 0 radical (unpaired) electrons. The van der Waals surface area contributed by atoms with Gasteiger partial charge in [0, 0.05) is 25.3 Å². The molecule has 0 aliphatic carbocycles. The molecule has 24 heavy (non-hydrogen) atoms. The van der Waals surface area contributed by atoms with Gasteiger partial charge in [-0.3, -0.25) is 9.89 Å². The third kappa shape index (κ3) is 7.81. The predicted octanol–water partition coefficient (Wildman–Crippen LogP) is 3.27. The third-order valence-corrected chi connectivity index (χ3v) is 4.09. The number of rotatable bonds is 7. The lowest BCUT2D eigenvalue weighted by atomic mass is 10.0. The first-order chi connectivity index (χ1) is 11.1. The third-order valence-electron chi connectivity index (χ3n) is 4.09. The van der Waals surface area contributed by atoms with Crippen LogP contribution in [-0.4, -0.2) is 50.3 Å². The fourth-order valence-electron chi connectivity index (χ4n) is 2.63. The topological polar surface area (TPSA) is 62.9 Å². The van der Waals surface area contributed by atoms with Crippen LogP contribution in [0.25, 0.3) is 0 Å². The number of morpholine rings is 1. The molecule has 5 nitrogen and oxygen atoms in total. The lowest BCUT2D eigenvalue weighted by Crippen LogP contribution is -2.36. The molecule has 6 heteroatoms. The standard InChI is InChI=1S/C18H30N4O.HI/c1-15(2)16-6-5-7-17(14-16)21-18(19)20-8-3-4-9-22-10-12-23-13-11-22;/h5-7,14-15H,3-4,8-13H2,1-2H3,(H3,19,20,21);1H. The molecule has 0 unspecified atom stereocenters. The summed E-state index contributed by atoms with van der Waals surface area (Å²) in [5, 5.41) is 3.18. The second-order valence-electron chi connectivity index (χ2n) is 6.33. The number of guanidine groups is 1. The second-order valence-corrected chi connectivity index (χ2v) is 6.33. The molecular formula is C18H31IN4O. The van der Waals surface area contributed by atoms with Crippen molar-refractivity contribution in [2.24, 2.45) is 10.7 Å². The number of hydrogen-bond acceptors (Lipinski definition) is 3. The Morgan fingerprint density at radius 2 is 2.04 bits per heavy atom. The van der Waals surface area contributed by atoms with E-state index in [-0.39, 0.29) is 24.0 Å². The van der Waals surface area contributed by atoms with E-state index in [0.29, 0.717) is 11.9 Å². The number of nitrogens with zero attached hydrogens (tertiary/aromatic N) is 2. The Bertz CT molecular complexity index is 502. The van der Waals surface area contributed by atoms with Crippen LogP contribution in [0.5, 0.6) is 0 Å². The number of unbranched alkanes of at least 4 members (excludes halogenated alkanes) is 1. The van der Waals surface area contributed by atoms with E-state index in [2.05, 4.69) is 41.2 Å². The molecule has 0 spiro atoms. The number of aliphatic imine (C=N–C) groups is 1. The highest BCUT2D eigenvalue weighted by molar-refractivity contribution is 14.0. The number of hydrogen-bond donors (Lipinski definition) is 2. The van der Waals surface area contributed by atoms with Gasteiger partial charge in [-0.15, -0.1) is 24.0 Å². The summed E-state index contributed by atoms with van der Waals surface area (Å²) in [6.45, 7) is 10.1. The molecule has 0 bridgehead atoms. The van der Waals surface area contributed by atoms with Gasteiger partial charge in [0.2, 0.25) is 0 Å². The zero-order valence-corrected chi connectivity index (χ0v) is 17.2. The summed E-state index contributed by atoms with van der Waals surface area (Å²) in [6.07, 6.45) is 2.21. The summed E-state index contributed by atoms with van der Waals surface area (Å²) in [4.78, 5) is 6.87. The summed E-state index contributed by atoms with van der Waals surface area (Å²) < 4.78 is 5.35. The first-order valence-electron chi connectivity index (χ1n) is 8.62. The summed E-state index contributed by atoms with van der Waals surface area (Å²) in [5.74, 6) is 1.01. The summed E-state index contributed by atoms with van der Waals surface area (Å²) in [6, 6.07) is 8.33. The van der Waals surface area contributed by atoms with Gasteiger partial charge in [0.05, 0.1) is 13.2 Å². The van der Waals surface area contributed by atoms with Crippen LogP contribution in [-0.2, 0) is 4.74 Å². The van der Waals surface area contributed by atoms with Crippen molar-refractivity contribution in [3.63, 3.8) is 0 Å². The van der Waals surface area contributed by atoms with Gasteiger partial charge >= 0.3 is 0 Å². The molecule has 3 N–H and O–H groups in total. The number of anilines is 1. The second kappa shape index (κ2) is 11.7. The van der Waals surface area contributed by atoms with Gasteiger partial charge < -0.3 is 15.8 Å². The highest BCUT2D eigenvalue weighted by Crippen LogP contribution is 2.18. The van der Waals surface area contributed by atoms with E-state index >= 15 is 0 Å². The Hall–Kier alpha value is -0.860. The van der Waals surface area contributed by atoms with E-state index in [1.54, 1.807) is 0 Å². The number of nitrogens with two attached hydrogens (primary N) is 1. The van der Waals surface area contributed by atoms with Crippen molar-refractivity contribution in [3.05, 3.63) is 29.8 Å². The van der Waals surface area contributed by atoms with E-state index in [0.717, 1.165) is 57.9 Å². The lowest BCUT2D eigenvalue weighted by Gasteiger charge is -2.26. The van der Waals surface area contributed by atoms with Crippen LogP contribution < -0.4 is 11.1 Å². The highest BCUT2D eigenvalue weighted by atomic mass is 127. The van der Waals surface area contributed by atoms with Crippen molar-refractivity contribution in [2.75, 3.05) is 44.7 Å². The fourth-order valence-corrected chi connectivity index (χ4v) is 2.63. The minimum absolute atomic E-state index is 0. The quantitative estimate of drug-likeness (QED) is 0.292. The van der Waals surface area contributed by atoms with Gasteiger partial charge in [-0.25, -0.2) is 0 Å². The van der Waals surface area contributed by atoms with Gasteiger partial charge in [-0.2, -0.15) is 0 Å². The van der Waals surface area contributed by atoms with Crippen LogP contribution in [0.4, 0.5) is 5.69 Å². The van der Waals surface area contributed by atoms with Gasteiger partial charge in [-0.05, 0) is 43.0 Å². The minimum atomic E-state index is 0. The molecular weight excluding hydrogens is 415 g/mol. The Kier molecular flexibility index (Phi) is 10.3. The predicted molar refractivity (Wildman–Crippen MR) is 113 cm³/mol. The zero-order valence-electron chi connectivity index (χ0n) is 14.8. The molecule has 0 amide bonds. The molecule has 1 aromatic rings. The van der Waals surface area contributed by atoms with Gasteiger partial charge in [-0.1, -0.05) is 26.0 Å². The van der Waals surface area contributed by atoms with Gasteiger partial charge in [0.15, 0.2) is 5.96 Å². The first-order valence-corrected chi connectivity index (χ1v) is 8.62. The number of nitrogens with one attached hydrogen (secondary N) is 1. The average Bonchev–Trinajstić information content (AvgIpc) is 2.55. The van der Waals surface area contributed by atoms with E-state index in [1.165, 1.54) is 5.56 Å². The normalized spacial score (nSPS) is 16.0. The van der Waals surface area contributed by atoms with Crippen molar-refractivity contribution in [3.8, 4) is 0 Å². The van der Waals surface area contributed by atoms with Crippen LogP contribution in [0.1, 0.15) is 38.2 Å². The van der Waals surface area contributed by atoms with Crippen molar-refractivity contribution in [1.82, 2.24) is 4.90 Å². The van der Waals surface area contributed by atoms with E-state index in [1.807, 2.05) is 12.1 Å². The van der Waals surface area contributed by atoms with Crippen LogP contribution in [0, 0.1) is 0 Å². The molecule has 136 valence electrons. The van der Waals surface area contributed by atoms with Crippen molar-refractivity contribution < 1.29 is 4.74 Å². The SMILES string of the molecule is CC(C)c1cccc(NC(N)=NCCCCN2CCOCC2)c1.I. The minimum Gasteiger partial charge on any atom is -0.379 e. The Morgan fingerprint density at radius 3 is 2.75 bits per heavy atom. The van der Waals surface area contributed by atoms with Crippen molar-refractivity contribution in [2.45, 2.75) is 32.6 Å². The highest BCUT2D eigenvalue weighted by Gasteiger charge is 2.08. The molecule has 1 aromatic carbocycles. The summed E-state index contributed by atoms with van der Waals surface area (Å²) >= 11 is 0. The summed E-state index contributed by atoms with van der Waals surface area (Å²) in [5.41, 5.74) is 8.27. The molecule has 1 saturated heterocycles. The molecule has 1 aliphatic rings. The maximum atomic E-state index is 5.97.